The quantitative estimate of drug-likeness (QED) is 0.485. The van der Waals surface area contributed by atoms with Gasteiger partial charge in [0.05, 0.1) is 18.5 Å². The van der Waals surface area contributed by atoms with Crippen molar-refractivity contribution in [2.75, 3.05) is 22.5 Å². The molecule has 0 fully saturated rings. The highest BCUT2D eigenvalue weighted by atomic mass is 79.9. The molecule has 9 heteroatoms. The van der Waals surface area contributed by atoms with Crippen molar-refractivity contribution in [3.05, 3.63) is 88.6 Å². The molecule has 1 amide bonds. The first-order valence-corrected chi connectivity index (χ1v) is 11.9. The fraction of sp³-hybridized carbons (Fsp3) is 0.136. The van der Waals surface area contributed by atoms with Crippen LogP contribution in [-0.2, 0) is 21.4 Å². The minimum absolute atomic E-state index is 0.138. The molecule has 3 aromatic rings. The molecule has 0 radical (unpaired) electrons. The van der Waals surface area contributed by atoms with Crippen molar-refractivity contribution in [1.82, 2.24) is 0 Å². The van der Waals surface area contributed by atoms with E-state index in [4.69, 9.17) is 4.74 Å². The molecule has 3 rings (SSSR count). The first-order chi connectivity index (χ1) is 14.7. The van der Waals surface area contributed by atoms with E-state index in [1.165, 1.54) is 12.1 Å². The van der Waals surface area contributed by atoms with Gasteiger partial charge in [-0.2, -0.15) is 0 Å². The maximum atomic E-state index is 14.0. The average Bonchev–Trinajstić information content (AvgIpc) is 2.71. The third-order valence-corrected chi connectivity index (χ3v) is 5.91. The van der Waals surface area contributed by atoms with Crippen molar-refractivity contribution < 1.29 is 22.3 Å². The van der Waals surface area contributed by atoms with E-state index in [2.05, 4.69) is 21.2 Å². The predicted molar refractivity (Wildman–Crippen MR) is 122 cm³/mol. The minimum Gasteiger partial charge on any atom is -0.484 e. The number of halogens is 2. The monoisotopic (exact) mass is 506 g/mol. The number of nitrogens with zero attached hydrogens (tertiary/aromatic N) is 1. The number of sulfonamides is 1. The fourth-order valence-electron chi connectivity index (χ4n) is 2.80. The van der Waals surface area contributed by atoms with Gasteiger partial charge < -0.3 is 10.1 Å². The largest absolute Gasteiger partial charge is 0.484 e. The Morgan fingerprint density at radius 3 is 2.42 bits per heavy atom. The lowest BCUT2D eigenvalue weighted by atomic mass is 10.2. The SMILES string of the molecule is CS(=O)(=O)N(Cc1ccccc1F)c1ccc(OCC(=O)Nc2cccc(Br)c2)cc1. The van der Waals surface area contributed by atoms with Crippen LogP contribution in [0.3, 0.4) is 0 Å². The summed E-state index contributed by atoms with van der Waals surface area (Å²) in [5, 5.41) is 2.72. The lowest BCUT2D eigenvalue weighted by molar-refractivity contribution is -0.118. The first-order valence-electron chi connectivity index (χ1n) is 9.22. The summed E-state index contributed by atoms with van der Waals surface area (Å²) in [6.45, 7) is -0.350. The van der Waals surface area contributed by atoms with Gasteiger partial charge in [0.25, 0.3) is 5.91 Å². The highest BCUT2D eigenvalue weighted by Crippen LogP contribution is 2.24. The Morgan fingerprint density at radius 2 is 1.77 bits per heavy atom. The van der Waals surface area contributed by atoms with Crippen LogP contribution in [0.4, 0.5) is 15.8 Å². The van der Waals surface area contributed by atoms with Crippen LogP contribution in [0.25, 0.3) is 0 Å². The van der Waals surface area contributed by atoms with E-state index in [9.17, 15) is 17.6 Å². The van der Waals surface area contributed by atoms with Gasteiger partial charge in [-0.25, -0.2) is 12.8 Å². The van der Waals surface area contributed by atoms with Crippen molar-refractivity contribution in [2.24, 2.45) is 0 Å². The molecule has 3 aromatic carbocycles. The second kappa shape index (κ2) is 9.93. The Hall–Kier alpha value is -2.91. The standard InChI is InChI=1S/C22H20BrFN2O4S/c1-31(28,29)26(14-16-5-2-3-8-21(16)24)19-9-11-20(12-10-19)30-15-22(27)25-18-7-4-6-17(23)13-18/h2-13H,14-15H2,1H3,(H,25,27). The van der Waals surface area contributed by atoms with E-state index >= 15 is 0 Å². The molecule has 0 aliphatic rings. The van der Waals surface area contributed by atoms with Crippen LogP contribution in [-0.4, -0.2) is 27.2 Å². The number of ether oxygens (including phenoxy) is 1. The van der Waals surface area contributed by atoms with Crippen molar-refractivity contribution in [3.8, 4) is 5.75 Å². The number of carbonyl (C=O) groups is 1. The Morgan fingerprint density at radius 1 is 1.06 bits per heavy atom. The van der Waals surface area contributed by atoms with Crippen molar-refractivity contribution in [3.63, 3.8) is 0 Å². The van der Waals surface area contributed by atoms with Gasteiger partial charge in [-0.15, -0.1) is 0 Å². The zero-order valence-electron chi connectivity index (χ0n) is 16.6. The van der Waals surface area contributed by atoms with Gasteiger partial charge in [0.15, 0.2) is 6.61 Å². The molecule has 0 aliphatic carbocycles. The third kappa shape index (κ3) is 6.53. The highest BCUT2D eigenvalue weighted by molar-refractivity contribution is 9.10. The Balaban J connectivity index is 1.66. The molecule has 0 unspecified atom stereocenters. The summed E-state index contributed by atoms with van der Waals surface area (Å²) in [6, 6.07) is 19.4. The van der Waals surface area contributed by atoms with E-state index in [0.717, 1.165) is 15.0 Å². The molecule has 0 aliphatic heterocycles. The molecule has 0 atom stereocenters. The van der Waals surface area contributed by atoms with Gasteiger partial charge in [-0.05, 0) is 48.5 Å². The Bertz CT molecular complexity index is 1170. The van der Waals surface area contributed by atoms with Crippen molar-refractivity contribution in [1.29, 1.82) is 0 Å². The van der Waals surface area contributed by atoms with Gasteiger partial charge in [-0.1, -0.05) is 40.2 Å². The van der Waals surface area contributed by atoms with Gasteiger partial charge in [-0.3, -0.25) is 9.10 Å². The van der Waals surface area contributed by atoms with E-state index in [1.54, 1.807) is 54.6 Å². The van der Waals surface area contributed by atoms with Gasteiger partial charge in [0, 0.05) is 15.7 Å². The van der Waals surface area contributed by atoms with Gasteiger partial charge in [0.2, 0.25) is 10.0 Å². The Kier molecular flexibility index (Phi) is 7.29. The van der Waals surface area contributed by atoms with Crippen LogP contribution < -0.4 is 14.4 Å². The predicted octanol–water partition coefficient (Wildman–Crippen LogP) is 4.57. The van der Waals surface area contributed by atoms with Crippen LogP contribution in [0.5, 0.6) is 5.75 Å². The summed E-state index contributed by atoms with van der Waals surface area (Å²) in [6.07, 6.45) is 1.06. The molecule has 162 valence electrons. The van der Waals surface area contributed by atoms with Crippen molar-refractivity contribution >= 4 is 43.2 Å². The summed E-state index contributed by atoms with van der Waals surface area (Å²) < 4.78 is 45.9. The zero-order chi connectivity index (χ0) is 22.4. The maximum Gasteiger partial charge on any atom is 0.262 e. The third-order valence-electron chi connectivity index (χ3n) is 4.28. The summed E-state index contributed by atoms with van der Waals surface area (Å²) >= 11 is 3.33. The molecule has 0 spiro atoms. The second-order valence-corrected chi connectivity index (χ2v) is 9.52. The summed E-state index contributed by atoms with van der Waals surface area (Å²) in [7, 11) is -3.65. The minimum atomic E-state index is -3.65. The van der Waals surface area contributed by atoms with Crippen LogP contribution in [0.1, 0.15) is 5.56 Å². The number of hydrogen-bond donors (Lipinski definition) is 1. The zero-order valence-corrected chi connectivity index (χ0v) is 19.0. The lowest BCUT2D eigenvalue weighted by Gasteiger charge is -2.23. The normalized spacial score (nSPS) is 11.1. The van der Waals surface area contributed by atoms with E-state index in [1.807, 2.05) is 6.07 Å². The van der Waals surface area contributed by atoms with Crippen molar-refractivity contribution in [2.45, 2.75) is 6.54 Å². The smallest absolute Gasteiger partial charge is 0.262 e. The summed E-state index contributed by atoms with van der Waals surface area (Å²) in [5.74, 6) is -0.417. The van der Waals surface area contributed by atoms with Gasteiger partial charge in [0.1, 0.15) is 11.6 Å². The molecule has 0 saturated carbocycles. The van der Waals surface area contributed by atoms with E-state index in [0.29, 0.717) is 17.1 Å². The highest BCUT2D eigenvalue weighted by Gasteiger charge is 2.19. The fourth-order valence-corrected chi connectivity index (χ4v) is 4.08. The molecular formula is C22H20BrFN2O4S. The number of rotatable bonds is 8. The molecular weight excluding hydrogens is 487 g/mol. The van der Waals surface area contributed by atoms with E-state index < -0.39 is 15.8 Å². The maximum absolute atomic E-state index is 14.0. The second-order valence-electron chi connectivity index (χ2n) is 6.70. The van der Waals surface area contributed by atoms with Crippen LogP contribution >= 0.6 is 15.9 Å². The first kappa shape index (κ1) is 22.8. The number of hydrogen-bond acceptors (Lipinski definition) is 4. The molecule has 0 bridgehead atoms. The molecule has 1 N–H and O–H groups in total. The molecule has 31 heavy (non-hydrogen) atoms. The Labute approximate surface area is 188 Å². The topological polar surface area (TPSA) is 75.7 Å². The van der Waals surface area contributed by atoms with E-state index in [-0.39, 0.29) is 24.6 Å². The number of carbonyl (C=O) groups excluding carboxylic acids is 1. The lowest BCUT2D eigenvalue weighted by Crippen LogP contribution is -2.29. The molecule has 6 nitrogen and oxygen atoms in total. The molecule has 0 aromatic heterocycles. The van der Waals surface area contributed by atoms with Gasteiger partial charge >= 0.3 is 0 Å². The van der Waals surface area contributed by atoms with Crippen LogP contribution in [0, 0.1) is 5.82 Å². The molecule has 0 heterocycles. The average molecular weight is 507 g/mol. The summed E-state index contributed by atoms with van der Waals surface area (Å²) in [4.78, 5) is 12.1. The number of anilines is 2. The summed E-state index contributed by atoms with van der Waals surface area (Å²) in [5.41, 5.74) is 1.25. The number of benzene rings is 3. The molecule has 0 saturated heterocycles. The number of amides is 1. The van der Waals surface area contributed by atoms with Crippen LogP contribution in [0.2, 0.25) is 0 Å². The number of nitrogens with one attached hydrogen (secondary N) is 1. The van der Waals surface area contributed by atoms with Crippen LogP contribution in [0.15, 0.2) is 77.3 Å².